The number of phenolic OH excluding ortho intramolecular Hbond substituents is 1. The van der Waals surface area contributed by atoms with E-state index in [-0.39, 0.29) is 17.6 Å². The molecule has 3 aliphatic heterocycles. The van der Waals surface area contributed by atoms with Crippen LogP contribution in [0.15, 0.2) is 94.7 Å². The van der Waals surface area contributed by atoms with Crippen molar-refractivity contribution in [1.29, 1.82) is 0 Å². The average molecular weight is 889 g/mol. The maximum atomic E-state index is 12.7. The van der Waals surface area contributed by atoms with Gasteiger partial charge in [-0.15, -0.1) is 0 Å². The van der Waals surface area contributed by atoms with Gasteiger partial charge >= 0.3 is 0 Å². The first-order valence-electron chi connectivity index (χ1n) is 23.6. The van der Waals surface area contributed by atoms with Gasteiger partial charge in [0.2, 0.25) is 0 Å². The third kappa shape index (κ3) is 8.02. The number of para-hydroxylation sites is 2. The Hall–Kier alpha value is -4.10. The van der Waals surface area contributed by atoms with Crippen LogP contribution in [0.1, 0.15) is 81.4 Å². The number of ether oxygens (including phenoxy) is 2. The summed E-state index contributed by atoms with van der Waals surface area (Å²) in [6, 6.07) is 29.4. The zero-order valence-corrected chi connectivity index (χ0v) is 39.4. The van der Waals surface area contributed by atoms with E-state index in [0.29, 0.717) is 30.6 Å². The van der Waals surface area contributed by atoms with Crippen molar-refractivity contribution in [3.8, 4) is 17.2 Å². The summed E-state index contributed by atoms with van der Waals surface area (Å²) in [6.45, 7) is 6.15. The summed E-state index contributed by atoms with van der Waals surface area (Å²) >= 11 is 1.87. The van der Waals surface area contributed by atoms with E-state index >= 15 is 0 Å². The van der Waals surface area contributed by atoms with Crippen molar-refractivity contribution in [2.45, 2.75) is 116 Å². The van der Waals surface area contributed by atoms with Crippen LogP contribution in [0, 0.1) is 11.8 Å². The molecular formula is C53H68N4O6S. The van der Waals surface area contributed by atoms with E-state index in [1.54, 1.807) is 13.2 Å². The number of Topliss-reactive ketones (excluding diaryl/α,β-unsaturated/α-hetero) is 1. The molecule has 1 saturated heterocycles. The van der Waals surface area contributed by atoms with E-state index in [2.05, 4.69) is 103 Å². The number of hydrogen-bond acceptors (Lipinski definition) is 11. The van der Waals surface area contributed by atoms with Crippen LogP contribution in [0.3, 0.4) is 0 Å². The van der Waals surface area contributed by atoms with Gasteiger partial charge in [0.15, 0.2) is 23.4 Å². The molecule has 0 amide bonds. The Morgan fingerprint density at radius 2 is 1.61 bits per heavy atom. The topological polar surface area (TPSA) is 109 Å². The quantitative estimate of drug-likeness (QED) is 0.151. The number of anilines is 2. The molecular weight excluding hydrogens is 821 g/mol. The van der Waals surface area contributed by atoms with E-state index in [1.165, 1.54) is 40.4 Å². The summed E-state index contributed by atoms with van der Waals surface area (Å²) in [5.74, 6) is 2.50. The van der Waals surface area contributed by atoms with Gasteiger partial charge in [-0.1, -0.05) is 67.1 Å². The molecule has 11 rings (SSSR count). The first-order chi connectivity index (χ1) is 30.8. The summed E-state index contributed by atoms with van der Waals surface area (Å²) in [6.07, 6.45) is 8.57. The van der Waals surface area contributed by atoms with E-state index in [9.17, 15) is 20.1 Å². The Morgan fingerprint density at radius 1 is 0.891 bits per heavy atom. The minimum absolute atomic E-state index is 0.0454. The number of aromatic hydroxyl groups is 1. The Balaban J connectivity index is 0.000000123. The van der Waals surface area contributed by atoms with Crippen molar-refractivity contribution in [3.63, 3.8) is 0 Å². The second-order valence-corrected chi connectivity index (χ2v) is 21.1. The van der Waals surface area contributed by atoms with Crippen molar-refractivity contribution >= 4 is 28.9 Å². The molecule has 0 radical (unpaired) electrons. The van der Waals surface area contributed by atoms with Crippen LogP contribution >= 0.6 is 11.8 Å². The fourth-order valence-corrected chi connectivity index (χ4v) is 12.9. The van der Waals surface area contributed by atoms with Gasteiger partial charge in [0, 0.05) is 59.4 Å². The molecule has 2 bridgehead atoms. The van der Waals surface area contributed by atoms with Crippen LogP contribution in [0.2, 0.25) is 0 Å². The van der Waals surface area contributed by atoms with Gasteiger partial charge in [0.05, 0.1) is 35.1 Å². The molecule has 64 heavy (non-hydrogen) atoms. The molecule has 4 aromatic carbocycles. The van der Waals surface area contributed by atoms with Crippen LogP contribution in [0.4, 0.5) is 11.4 Å². The van der Waals surface area contributed by atoms with Gasteiger partial charge in [0.25, 0.3) is 0 Å². The molecule has 3 saturated carbocycles. The predicted molar refractivity (Wildman–Crippen MR) is 254 cm³/mol. The number of methoxy groups -OCH3 is 1. The summed E-state index contributed by atoms with van der Waals surface area (Å²) in [7, 11) is 10.1. The molecule has 7 aliphatic rings. The van der Waals surface area contributed by atoms with Gasteiger partial charge in [-0.2, -0.15) is 0 Å². The first-order valence-corrected chi connectivity index (χ1v) is 24.4. The monoisotopic (exact) mass is 888 g/mol. The Bertz CT molecular complexity index is 2290. The summed E-state index contributed by atoms with van der Waals surface area (Å²) in [5.41, 5.74) is 3.39. The number of nitrogens with zero attached hydrogens (tertiary/aromatic N) is 4. The highest BCUT2D eigenvalue weighted by atomic mass is 32.2. The molecule has 4 aliphatic carbocycles. The molecule has 10 nitrogen and oxygen atoms in total. The molecule has 1 unspecified atom stereocenters. The fraction of sp³-hybridized carbons (Fsp3) is 0.528. The van der Waals surface area contributed by atoms with Crippen LogP contribution in [-0.4, -0.2) is 121 Å². The van der Waals surface area contributed by atoms with Crippen molar-refractivity contribution in [2.24, 2.45) is 11.8 Å². The number of aliphatic hydroxyl groups is 2. The van der Waals surface area contributed by atoms with Crippen molar-refractivity contribution in [3.05, 3.63) is 102 Å². The number of piperidine rings is 1. The van der Waals surface area contributed by atoms with E-state index in [1.807, 2.05) is 42.1 Å². The maximum Gasteiger partial charge on any atom is 0.174 e. The Morgan fingerprint density at radius 3 is 2.28 bits per heavy atom. The number of carbonyl (C=O) groups excluding carboxylic acids is 1. The predicted octanol–water partition coefficient (Wildman–Crippen LogP) is 8.40. The van der Waals surface area contributed by atoms with Gasteiger partial charge in [-0.05, 0) is 146 Å². The first kappa shape index (κ1) is 45.1. The average Bonchev–Trinajstić information content (AvgIpc) is 4.04. The molecule has 3 heterocycles. The molecule has 4 aromatic rings. The lowest BCUT2D eigenvalue weighted by molar-refractivity contribution is -0.188. The standard InChI is InChI=1S/C20H23NO4.C17H20N2S.C16H25NO2/c22-13-4-3-12-9-15-20(24)6-5-14(23)18-19(20,16(12)17(13)25-18)7-8-21(15)10-11-1-2-11;1-13(18(2)3)12-19-14-8-4-6-10-16(14)20-17-11-7-5-9-15(17)19;1-17(2)12-14-7-4-5-10-16(14,18)13-8-6-9-15(11-13)19-3/h3-4,11,15,18,22,24H,1-2,5-10H2;4-11,13H,12H2,1-3H3;6,8-9,11,14,18H,4-5,7,10,12H2,1-3H3/t15-,18+,19+,20-;;14-,16+/m1.1/s1. The highest BCUT2D eigenvalue weighted by molar-refractivity contribution is 7.99. The number of ketones is 1. The number of phenols is 1. The number of benzene rings is 4. The molecule has 4 fully saturated rings. The highest BCUT2D eigenvalue weighted by Crippen LogP contribution is 2.65. The lowest BCUT2D eigenvalue weighted by Crippen LogP contribution is -2.76. The number of likely N-dealkylation sites (tertiary alicyclic amines) is 1. The SMILES string of the molecule is CC(CN1c2ccccc2Sc2ccccc21)N(C)C.COc1cccc([C@@]2(O)CCCC[C@@H]2CN(C)C)c1.O=C1CC[C@@]2(O)[C@H]3Cc4ccc(O)c5c4[C@@]2(CCN3CC2CC2)[C@H]1O5. The third-order valence-corrected chi connectivity index (χ3v) is 16.7. The molecule has 7 atom stereocenters. The zero-order chi connectivity index (χ0) is 45.0. The second-order valence-electron chi connectivity index (χ2n) is 20.0. The number of likely N-dealkylation sites (N-methyl/N-ethyl adjacent to an activating group) is 1. The zero-order valence-electron chi connectivity index (χ0n) is 38.6. The third-order valence-electron chi connectivity index (χ3n) is 15.6. The van der Waals surface area contributed by atoms with Gasteiger partial charge in [0.1, 0.15) is 5.75 Å². The lowest BCUT2D eigenvalue weighted by atomic mass is 9.49. The van der Waals surface area contributed by atoms with E-state index in [0.717, 1.165) is 86.6 Å². The van der Waals surface area contributed by atoms with Crippen molar-refractivity contribution in [2.75, 3.05) is 66.4 Å². The van der Waals surface area contributed by atoms with Crippen LogP contribution in [0.25, 0.3) is 0 Å². The van der Waals surface area contributed by atoms with E-state index in [4.69, 9.17) is 9.47 Å². The molecule has 1 spiro atoms. The Labute approximate surface area is 384 Å². The minimum atomic E-state index is -0.940. The van der Waals surface area contributed by atoms with Gasteiger partial charge < -0.3 is 39.5 Å². The highest BCUT2D eigenvalue weighted by Gasteiger charge is 2.73. The number of rotatable bonds is 9. The number of fused-ring (bicyclic) bond motifs is 2. The van der Waals surface area contributed by atoms with Crippen LogP contribution in [-0.2, 0) is 22.2 Å². The number of hydrogen-bond donors (Lipinski definition) is 3. The summed E-state index contributed by atoms with van der Waals surface area (Å²) in [4.78, 5) is 24.8. The maximum absolute atomic E-state index is 12.7. The van der Waals surface area contributed by atoms with Crippen LogP contribution in [0.5, 0.6) is 17.2 Å². The summed E-state index contributed by atoms with van der Waals surface area (Å²) < 4.78 is 11.3. The van der Waals surface area contributed by atoms with Gasteiger partial charge in [-0.3, -0.25) is 9.69 Å². The van der Waals surface area contributed by atoms with Crippen molar-refractivity contribution in [1.82, 2.24) is 14.7 Å². The van der Waals surface area contributed by atoms with Crippen LogP contribution < -0.4 is 14.4 Å². The normalized spacial score (nSPS) is 29.0. The largest absolute Gasteiger partial charge is 0.504 e. The molecule has 3 N–H and O–H groups in total. The fourth-order valence-electron chi connectivity index (χ4n) is 11.9. The molecule has 0 aromatic heterocycles. The Kier molecular flexibility index (Phi) is 12.6. The molecule has 342 valence electrons. The van der Waals surface area contributed by atoms with E-state index < -0.39 is 22.7 Å². The second kappa shape index (κ2) is 17.9. The van der Waals surface area contributed by atoms with Crippen molar-refractivity contribution < 1.29 is 29.6 Å². The minimum Gasteiger partial charge on any atom is -0.504 e. The summed E-state index contributed by atoms with van der Waals surface area (Å²) in [5, 5.41) is 33.5. The van der Waals surface area contributed by atoms with Gasteiger partial charge in [-0.25, -0.2) is 0 Å². The lowest BCUT2D eigenvalue weighted by Gasteiger charge is -2.62. The smallest absolute Gasteiger partial charge is 0.174 e. The number of carbonyl (C=O) groups is 1. The molecule has 11 heteroatoms.